The average molecular weight is 560 g/mol. The van der Waals surface area contributed by atoms with Gasteiger partial charge in [-0.25, -0.2) is 23.4 Å². The highest BCUT2D eigenvalue weighted by Gasteiger charge is 2.36. The molecular weight excluding hydrogens is 538 g/mol. The number of oxime groups is 1. The van der Waals surface area contributed by atoms with Crippen LogP contribution in [0.15, 0.2) is 58.0 Å². The van der Waals surface area contributed by atoms with Gasteiger partial charge in [0, 0.05) is 23.2 Å². The predicted molar refractivity (Wildman–Crippen MR) is 139 cm³/mol. The minimum atomic E-state index is -3.37. The van der Waals surface area contributed by atoms with Crippen LogP contribution < -0.4 is 10.1 Å². The van der Waals surface area contributed by atoms with E-state index in [1.54, 1.807) is 23.7 Å². The van der Waals surface area contributed by atoms with Gasteiger partial charge in [0.05, 0.1) is 16.8 Å². The molecule has 11 nitrogen and oxygen atoms in total. The summed E-state index contributed by atoms with van der Waals surface area (Å²) in [4.78, 5) is 32.2. The van der Waals surface area contributed by atoms with E-state index in [9.17, 15) is 13.2 Å². The van der Waals surface area contributed by atoms with Crippen molar-refractivity contribution in [2.45, 2.75) is 29.6 Å². The van der Waals surface area contributed by atoms with Crippen molar-refractivity contribution in [1.29, 1.82) is 0 Å². The van der Waals surface area contributed by atoms with Crippen LogP contribution in [-0.4, -0.2) is 58.6 Å². The van der Waals surface area contributed by atoms with Gasteiger partial charge in [0.2, 0.25) is 5.88 Å². The van der Waals surface area contributed by atoms with E-state index in [4.69, 9.17) is 14.7 Å². The Balaban J connectivity index is 1.38. The number of thiazole rings is 2. The van der Waals surface area contributed by atoms with Crippen LogP contribution in [0.5, 0.6) is 5.88 Å². The molecule has 4 aromatic rings. The minimum Gasteiger partial charge on any atom is -0.475 e. The molecule has 192 valence electrons. The molecule has 1 aromatic carbocycles. The average Bonchev–Trinajstić information content (AvgIpc) is 3.50. The third kappa shape index (κ3) is 5.93. The van der Waals surface area contributed by atoms with Crippen molar-refractivity contribution in [1.82, 2.24) is 15.0 Å². The number of sulfone groups is 1. The largest absolute Gasteiger partial charge is 0.475 e. The van der Waals surface area contributed by atoms with Gasteiger partial charge in [-0.05, 0) is 31.0 Å². The molecule has 37 heavy (non-hydrogen) atoms. The van der Waals surface area contributed by atoms with Crippen molar-refractivity contribution in [3.63, 3.8) is 0 Å². The lowest BCUT2D eigenvalue weighted by atomic mass is 10.1. The zero-order valence-corrected chi connectivity index (χ0v) is 21.7. The second-order valence-electron chi connectivity index (χ2n) is 7.93. The van der Waals surface area contributed by atoms with E-state index < -0.39 is 15.7 Å². The summed E-state index contributed by atoms with van der Waals surface area (Å²) in [6, 6.07) is 9.34. The SMILES string of the molecule is O=C(Nc1nc2ccc(OCCO)nc2s1)C(=NOCc1nccs1)c1ccc(S(=O)(=O)C2CC2)cc1. The van der Waals surface area contributed by atoms with Crippen LogP contribution in [0.2, 0.25) is 0 Å². The number of benzene rings is 1. The Hall–Kier alpha value is -3.46. The van der Waals surface area contributed by atoms with Gasteiger partial charge in [0.1, 0.15) is 22.0 Å². The van der Waals surface area contributed by atoms with Gasteiger partial charge < -0.3 is 14.7 Å². The summed E-state index contributed by atoms with van der Waals surface area (Å²) in [6.45, 7) is 0.0522. The number of aliphatic hydroxyl groups is 1. The molecule has 3 aromatic heterocycles. The van der Waals surface area contributed by atoms with Gasteiger partial charge in [0.25, 0.3) is 5.91 Å². The van der Waals surface area contributed by atoms with Crippen LogP contribution in [0, 0.1) is 0 Å². The Morgan fingerprint density at radius 2 is 1.97 bits per heavy atom. The Bertz CT molecular complexity index is 1530. The number of fused-ring (bicyclic) bond motifs is 1. The fourth-order valence-corrected chi connectivity index (χ4v) is 6.32. The summed E-state index contributed by atoms with van der Waals surface area (Å²) >= 11 is 2.53. The van der Waals surface area contributed by atoms with E-state index in [1.807, 2.05) is 0 Å². The lowest BCUT2D eigenvalue weighted by Crippen LogP contribution is -2.24. The quantitative estimate of drug-likeness (QED) is 0.209. The lowest BCUT2D eigenvalue weighted by molar-refractivity contribution is -0.110. The first-order valence-corrected chi connectivity index (χ1v) is 14.4. The molecule has 0 saturated heterocycles. The molecular formula is C23H21N5O6S3. The Morgan fingerprint density at radius 1 is 1.16 bits per heavy atom. The van der Waals surface area contributed by atoms with Crippen LogP contribution in [0.3, 0.4) is 0 Å². The summed E-state index contributed by atoms with van der Waals surface area (Å²) in [5.41, 5.74) is 0.890. The van der Waals surface area contributed by atoms with Crippen LogP contribution in [0.4, 0.5) is 5.13 Å². The third-order valence-electron chi connectivity index (χ3n) is 5.25. The van der Waals surface area contributed by atoms with E-state index in [0.29, 0.717) is 39.6 Å². The van der Waals surface area contributed by atoms with Gasteiger partial charge in [0.15, 0.2) is 27.3 Å². The Morgan fingerprint density at radius 3 is 2.68 bits per heavy atom. The third-order valence-corrected chi connectivity index (χ3v) is 9.17. The Labute approximate surface area is 219 Å². The van der Waals surface area contributed by atoms with Crippen LogP contribution in [-0.2, 0) is 26.1 Å². The molecule has 3 heterocycles. The maximum absolute atomic E-state index is 13.2. The van der Waals surface area contributed by atoms with Crippen molar-refractivity contribution >= 4 is 59.6 Å². The van der Waals surface area contributed by atoms with Crippen molar-refractivity contribution in [2.24, 2.45) is 5.16 Å². The van der Waals surface area contributed by atoms with E-state index >= 15 is 0 Å². The molecule has 1 aliphatic rings. The molecule has 0 spiro atoms. The zero-order valence-electron chi connectivity index (χ0n) is 19.2. The molecule has 1 amide bonds. The second kappa shape index (κ2) is 10.9. The molecule has 1 saturated carbocycles. The number of carbonyl (C=O) groups is 1. The van der Waals surface area contributed by atoms with E-state index in [1.165, 1.54) is 35.6 Å². The van der Waals surface area contributed by atoms with E-state index in [0.717, 1.165) is 11.3 Å². The second-order valence-corrected chi connectivity index (χ2v) is 12.1. The molecule has 1 aliphatic carbocycles. The van der Waals surface area contributed by atoms with E-state index in [2.05, 4.69) is 25.4 Å². The van der Waals surface area contributed by atoms with Crippen molar-refractivity contribution in [3.05, 3.63) is 58.5 Å². The number of rotatable bonds is 11. The van der Waals surface area contributed by atoms with Crippen molar-refractivity contribution in [2.75, 3.05) is 18.5 Å². The van der Waals surface area contributed by atoms with Crippen molar-refractivity contribution < 1.29 is 27.9 Å². The summed E-state index contributed by atoms with van der Waals surface area (Å²) < 4.78 is 30.4. The molecule has 0 radical (unpaired) electrons. The van der Waals surface area contributed by atoms with Crippen LogP contribution in [0.1, 0.15) is 23.4 Å². The number of amides is 1. The van der Waals surface area contributed by atoms with Crippen LogP contribution in [0.25, 0.3) is 10.3 Å². The molecule has 0 bridgehead atoms. The summed E-state index contributed by atoms with van der Waals surface area (Å²) in [5, 5.41) is 18.1. The molecule has 14 heteroatoms. The highest BCUT2D eigenvalue weighted by Crippen LogP contribution is 2.33. The number of aliphatic hydroxyl groups excluding tert-OH is 1. The standard InChI is InChI=1S/C23H21N5O6S3/c29-10-11-33-18-8-7-17-22(26-18)36-23(25-17)27-21(30)20(28-34-13-19-24-9-12-35-19)14-1-3-15(4-2-14)37(31,32)16-5-6-16/h1-4,7-9,12,16,29H,5-6,10-11,13H2,(H,25,27,30). The summed E-state index contributed by atoms with van der Waals surface area (Å²) in [6.07, 6.45) is 2.97. The number of pyridine rings is 1. The lowest BCUT2D eigenvalue weighted by Gasteiger charge is -2.08. The number of ether oxygens (including phenoxy) is 1. The summed E-state index contributed by atoms with van der Waals surface area (Å²) in [5.74, 6) is -0.255. The van der Waals surface area contributed by atoms with Gasteiger partial charge in [-0.1, -0.05) is 28.6 Å². The first-order chi connectivity index (χ1) is 17.9. The molecule has 0 aliphatic heterocycles. The number of hydrogen-bond acceptors (Lipinski definition) is 12. The first kappa shape index (κ1) is 25.2. The van der Waals surface area contributed by atoms with Crippen LogP contribution >= 0.6 is 22.7 Å². The number of nitrogens with zero attached hydrogens (tertiary/aromatic N) is 4. The van der Waals surface area contributed by atoms with Gasteiger partial charge in [-0.2, -0.15) is 0 Å². The maximum atomic E-state index is 13.2. The summed E-state index contributed by atoms with van der Waals surface area (Å²) in [7, 11) is -3.37. The number of aromatic nitrogens is 3. The number of nitrogens with one attached hydrogen (secondary N) is 1. The normalized spacial score (nSPS) is 14.0. The Kier molecular flexibility index (Phi) is 7.41. The molecule has 0 unspecified atom stereocenters. The van der Waals surface area contributed by atoms with Gasteiger partial charge in [-0.15, -0.1) is 11.3 Å². The van der Waals surface area contributed by atoms with Gasteiger partial charge >= 0.3 is 0 Å². The fourth-order valence-electron chi connectivity index (χ4n) is 3.32. The fraction of sp³-hybridized carbons (Fsp3) is 0.261. The number of hydrogen-bond donors (Lipinski definition) is 2. The molecule has 1 fully saturated rings. The highest BCUT2D eigenvalue weighted by atomic mass is 32.2. The maximum Gasteiger partial charge on any atom is 0.280 e. The zero-order chi connectivity index (χ0) is 25.8. The molecule has 2 N–H and O–H groups in total. The monoisotopic (exact) mass is 559 g/mol. The topological polar surface area (TPSA) is 153 Å². The first-order valence-electron chi connectivity index (χ1n) is 11.2. The highest BCUT2D eigenvalue weighted by molar-refractivity contribution is 7.92. The molecule has 0 atom stereocenters. The molecule has 5 rings (SSSR count). The number of anilines is 1. The predicted octanol–water partition coefficient (Wildman–Crippen LogP) is 3.01. The van der Waals surface area contributed by atoms with E-state index in [-0.39, 0.29) is 40.8 Å². The van der Waals surface area contributed by atoms with Gasteiger partial charge in [-0.3, -0.25) is 10.1 Å². The number of carbonyl (C=O) groups excluding carboxylic acids is 1. The van der Waals surface area contributed by atoms with Crippen molar-refractivity contribution in [3.8, 4) is 5.88 Å². The smallest absolute Gasteiger partial charge is 0.280 e. The minimum absolute atomic E-state index is 0.0499.